The highest BCUT2D eigenvalue weighted by molar-refractivity contribution is 5.33. The predicted molar refractivity (Wildman–Crippen MR) is 83.0 cm³/mol. The molecule has 1 spiro atoms. The Hall–Kier alpha value is -0.860. The van der Waals surface area contributed by atoms with Crippen molar-refractivity contribution in [3.63, 3.8) is 0 Å². The van der Waals surface area contributed by atoms with E-state index >= 15 is 0 Å². The van der Waals surface area contributed by atoms with Crippen LogP contribution in [0.4, 0.5) is 0 Å². The van der Waals surface area contributed by atoms with Crippen molar-refractivity contribution in [1.29, 1.82) is 0 Å². The van der Waals surface area contributed by atoms with Crippen molar-refractivity contribution in [2.45, 2.75) is 57.6 Å². The van der Waals surface area contributed by atoms with Crippen molar-refractivity contribution in [2.75, 3.05) is 13.7 Å². The van der Waals surface area contributed by atoms with Gasteiger partial charge in [0.15, 0.2) is 0 Å². The fourth-order valence-corrected chi connectivity index (χ4v) is 4.09. The van der Waals surface area contributed by atoms with Crippen LogP contribution in [0.2, 0.25) is 0 Å². The van der Waals surface area contributed by atoms with Gasteiger partial charge in [-0.25, -0.2) is 0 Å². The summed E-state index contributed by atoms with van der Waals surface area (Å²) < 4.78 is 6.08. The zero-order valence-electron chi connectivity index (χ0n) is 13.0. The molecule has 2 unspecified atom stereocenters. The molecule has 1 aromatic carbocycles. The Bertz CT molecular complexity index is 478. The van der Waals surface area contributed by atoms with E-state index in [1.165, 1.54) is 48.8 Å². The van der Waals surface area contributed by atoms with E-state index in [9.17, 15) is 0 Å². The quantitative estimate of drug-likeness (QED) is 0.901. The van der Waals surface area contributed by atoms with E-state index in [1.807, 2.05) is 0 Å². The minimum Gasteiger partial charge on any atom is -0.375 e. The van der Waals surface area contributed by atoms with Crippen LogP contribution >= 0.6 is 0 Å². The molecule has 0 radical (unpaired) electrons. The topological polar surface area (TPSA) is 21.3 Å². The van der Waals surface area contributed by atoms with Gasteiger partial charge in [0.25, 0.3) is 0 Å². The molecule has 0 amide bonds. The number of hydrogen-bond donors (Lipinski definition) is 1. The molecule has 110 valence electrons. The summed E-state index contributed by atoms with van der Waals surface area (Å²) in [6.45, 7) is 5.35. The zero-order chi connectivity index (χ0) is 14.2. The minimum atomic E-state index is 0.233. The number of benzene rings is 1. The molecular formula is C18H27NO. The number of nitrogens with one attached hydrogen (secondary N) is 1. The van der Waals surface area contributed by atoms with Gasteiger partial charge in [0, 0.05) is 12.6 Å². The fourth-order valence-electron chi connectivity index (χ4n) is 4.09. The first kappa shape index (κ1) is 14.1. The number of rotatable bonds is 3. The third kappa shape index (κ3) is 2.51. The molecule has 2 nitrogen and oxygen atoms in total. The van der Waals surface area contributed by atoms with Gasteiger partial charge in [0.1, 0.15) is 0 Å². The Labute approximate surface area is 122 Å². The van der Waals surface area contributed by atoms with E-state index in [2.05, 4.69) is 44.4 Å². The summed E-state index contributed by atoms with van der Waals surface area (Å²) >= 11 is 0. The first-order chi connectivity index (χ1) is 9.63. The van der Waals surface area contributed by atoms with Crippen LogP contribution in [0.5, 0.6) is 0 Å². The van der Waals surface area contributed by atoms with E-state index in [4.69, 9.17) is 4.74 Å². The van der Waals surface area contributed by atoms with Crippen LogP contribution in [0.15, 0.2) is 18.2 Å². The van der Waals surface area contributed by atoms with Crippen molar-refractivity contribution in [2.24, 2.45) is 5.92 Å². The molecule has 2 fully saturated rings. The second-order valence-electron chi connectivity index (χ2n) is 6.76. The molecule has 1 aliphatic carbocycles. The highest BCUT2D eigenvalue weighted by Crippen LogP contribution is 2.47. The van der Waals surface area contributed by atoms with Crippen molar-refractivity contribution < 1.29 is 4.74 Å². The Morgan fingerprint density at radius 3 is 2.70 bits per heavy atom. The lowest BCUT2D eigenvalue weighted by atomic mass is 9.69. The summed E-state index contributed by atoms with van der Waals surface area (Å²) in [5.74, 6) is 0.704. The van der Waals surface area contributed by atoms with Crippen LogP contribution in [0.3, 0.4) is 0 Å². The summed E-state index contributed by atoms with van der Waals surface area (Å²) in [6.07, 6.45) is 6.30. The molecule has 0 bridgehead atoms. The molecule has 1 aromatic rings. The van der Waals surface area contributed by atoms with Gasteiger partial charge in [-0.05, 0) is 70.0 Å². The van der Waals surface area contributed by atoms with Gasteiger partial charge in [-0.3, -0.25) is 0 Å². The second-order valence-corrected chi connectivity index (χ2v) is 6.76. The number of aryl methyl sites for hydroxylation is 2. The van der Waals surface area contributed by atoms with Crippen LogP contribution in [-0.2, 0) is 4.74 Å². The Balaban J connectivity index is 1.81. The van der Waals surface area contributed by atoms with Crippen LogP contribution in [-0.4, -0.2) is 19.3 Å². The van der Waals surface area contributed by atoms with Gasteiger partial charge in [-0.1, -0.05) is 23.8 Å². The van der Waals surface area contributed by atoms with Crippen molar-refractivity contribution >= 4 is 0 Å². The lowest BCUT2D eigenvalue weighted by Gasteiger charge is -2.49. The molecule has 20 heavy (non-hydrogen) atoms. The predicted octanol–water partition coefficient (Wildman–Crippen LogP) is 3.91. The maximum absolute atomic E-state index is 6.08. The van der Waals surface area contributed by atoms with Gasteiger partial charge < -0.3 is 10.1 Å². The van der Waals surface area contributed by atoms with Gasteiger partial charge in [-0.2, -0.15) is 0 Å². The summed E-state index contributed by atoms with van der Waals surface area (Å²) in [5, 5.41) is 3.58. The number of ether oxygens (including phenoxy) is 1. The van der Waals surface area contributed by atoms with E-state index in [0.29, 0.717) is 12.0 Å². The van der Waals surface area contributed by atoms with Crippen LogP contribution in [0.25, 0.3) is 0 Å². The summed E-state index contributed by atoms with van der Waals surface area (Å²) in [4.78, 5) is 0. The average molecular weight is 273 g/mol. The third-order valence-electron chi connectivity index (χ3n) is 5.34. The van der Waals surface area contributed by atoms with Crippen molar-refractivity contribution in [3.8, 4) is 0 Å². The maximum atomic E-state index is 6.08. The minimum absolute atomic E-state index is 0.233. The standard InChI is InChI=1S/C18H27NO/c1-13-5-6-16(14(2)11-13)17(19-3)15-7-10-20-18(12-15)8-4-9-18/h5-6,11,15,17,19H,4,7-10,12H2,1-3H3. The number of hydrogen-bond acceptors (Lipinski definition) is 2. The molecule has 3 rings (SSSR count). The molecule has 1 aliphatic heterocycles. The SMILES string of the molecule is CNC(c1ccc(C)cc1C)C1CCOC2(CCC2)C1. The molecular weight excluding hydrogens is 246 g/mol. The molecule has 1 N–H and O–H groups in total. The third-order valence-corrected chi connectivity index (χ3v) is 5.34. The summed E-state index contributed by atoms with van der Waals surface area (Å²) in [5.41, 5.74) is 4.47. The van der Waals surface area contributed by atoms with Crippen molar-refractivity contribution in [1.82, 2.24) is 5.32 Å². The molecule has 1 saturated heterocycles. The molecule has 2 atom stereocenters. The Morgan fingerprint density at radius 2 is 2.10 bits per heavy atom. The average Bonchev–Trinajstić information content (AvgIpc) is 2.40. The van der Waals surface area contributed by atoms with Crippen LogP contribution in [0, 0.1) is 19.8 Å². The molecule has 2 heteroatoms. The Morgan fingerprint density at radius 1 is 1.30 bits per heavy atom. The lowest BCUT2D eigenvalue weighted by molar-refractivity contribution is -0.147. The molecule has 0 aromatic heterocycles. The monoisotopic (exact) mass is 273 g/mol. The Kier molecular flexibility index (Phi) is 3.87. The first-order valence-corrected chi connectivity index (χ1v) is 8.02. The van der Waals surface area contributed by atoms with E-state index in [-0.39, 0.29) is 5.60 Å². The maximum Gasteiger partial charge on any atom is 0.0686 e. The van der Waals surface area contributed by atoms with E-state index < -0.39 is 0 Å². The highest BCUT2D eigenvalue weighted by atomic mass is 16.5. The lowest BCUT2D eigenvalue weighted by Crippen LogP contribution is -2.47. The van der Waals surface area contributed by atoms with Gasteiger partial charge >= 0.3 is 0 Å². The van der Waals surface area contributed by atoms with Crippen LogP contribution in [0.1, 0.15) is 54.8 Å². The van der Waals surface area contributed by atoms with Gasteiger partial charge in [0.05, 0.1) is 5.60 Å². The van der Waals surface area contributed by atoms with Gasteiger partial charge in [0.2, 0.25) is 0 Å². The fraction of sp³-hybridized carbons (Fsp3) is 0.667. The second kappa shape index (κ2) is 5.50. The molecule has 2 aliphatic rings. The van der Waals surface area contributed by atoms with Gasteiger partial charge in [-0.15, -0.1) is 0 Å². The van der Waals surface area contributed by atoms with Crippen molar-refractivity contribution in [3.05, 3.63) is 34.9 Å². The smallest absolute Gasteiger partial charge is 0.0686 e. The van der Waals surface area contributed by atoms with E-state index in [1.54, 1.807) is 0 Å². The highest BCUT2D eigenvalue weighted by Gasteiger charge is 2.44. The molecule has 1 saturated carbocycles. The largest absolute Gasteiger partial charge is 0.375 e. The van der Waals surface area contributed by atoms with E-state index in [0.717, 1.165) is 6.61 Å². The normalized spacial score (nSPS) is 26.2. The first-order valence-electron chi connectivity index (χ1n) is 8.02. The van der Waals surface area contributed by atoms with Crippen LogP contribution < -0.4 is 5.32 Å². The molecule has 1 heterocycles. The summed E-state index contributed by atoms with van der Waals surface area (Å²) in [7, 11) is 2.10. The zero-order valence-corrected chi connectivity index (χ0v) is 13.0. The summed E-state index contributed by atoms with van der Waals surface area (Å²) in [6, 6.07) is 7.33.